The maximum atomic E-state index is 13.8. The number of nitrogens with two attached hydrogens (primary N) is 1. The Morgan fingerprint density at radius 2 is 2.00 bits per heavy atom. The molecule has 100 valence electrons. The molecule has 2 rings (SSSR count). The van der Waals surface area contributed by atoms with Gasteiger partial charge < -0.3 is 10.5 Å². The molecule has 4 heteroatoms. The zero-order valence-corrected chi connectivity index (χ0v) is 10.6. The number of halogens is 2. The van der Waals surface area contributed by atoms with Crippen LogP contribution in [0.3, 0.4) is 0 Å². The van der Waals surface area contributed by atoms with E-state index in [1.165, 1.54) is 6.07 Å². The van der Waals surface area contributed by atoms with Crippen molar-refractivity contribution in [1.29, 1.82) is 0 Å². The molecule has 1 aromatic rings. The molecule has 0 aromatic heterocycles. The largest absolute Gasteiger partial charge is 0.373 e. The second kappa shape index (κ2) is 5.33. The lowest BCUT2D eigenvalue weighted by molar-refractivity contribution is -0.0544. The van der Waals surface area contributed by atoms with Crippen molar-refractivity contribution in [3.63, 3.8) is 0 Å². The van der Waals surface area contributed by atoms with Gasteiger partial charge in [0.2, 0.25) is 0 Å². The van der Waals surface area contributed by atoms with Gasteiger partial charge in [0.15, 0.2) is 11.6 Å². The SMILES string of the molecule is CCOC1(C(N)c2cccc(F)c2F)CCCC1. The molecule has 1 fully saturated rings. The van der Waals surface area contributed by atoms with E-state index in [9.17, 15) is 8.78 Å². The number of benzene rings is 1. The lowest BCUT2D eigenvalue weighted by atomic mass is 9.87. The maximum absolute atomic E-state index is 13.8. The molecule has 0 radical (unpaired) electrons. The highest BCUT2D eigenvalue weighted by Crippen LogP contribution is 2.42. The van der Waals surface area contributed by atoms with E-state index in [1.54, 1.807) is 6.07 Å². The molecular formula is C14H19F2NO. The second-order valence-electron chi connectivity index (χ2n) is 4.83. The minimum atomic E-state index is -0.854. The Morgan fingerprint density at radius 1 is 1.33 bits per heavy atom. The summed E-state index contributed by atoms with van der Waals surface area (Å²) in [5.74, 6) is -1.71. The molecule has 1 aliphatic carbocycles. The van der Waals surface area contributed by atoms with Crippen molar-refractivity contribution in [2.45, 2.75) is 44.2 Å². The van der Waals surface area contributed by atoms with Gasteiger partial charge in [-0.25, -0.2) is 8.78 Å². The summed E-state index contributed by atoms with van der Waals surface area (Å²) in [7, 11) is 0. The molecule has 0 bridgehead atoms. The first-order valence-electron chi connectivity index (χ1n) is 6.44. The summed E-state index contributed by atoms with van der Waals surface area (Å²) in [6.45, 7) is 2.43. The number of ether oxygens (including phenoxy) is 1. The number of rotatable bonds is 4. The van der Waals surface area contributed by atoms with Gasteiger partial charge in [-0.3, -0.25) is 0 Å². The molecule has 1 atom stereocenters. The zero-order chi connectivity index (χ0) is 13.2. The van der Waals surface area contributed by atoms with Crippen LogP contribution in [0.15, 0.2) is 18.2 Å². The van der Waals surface area contributed by atoms with Gasteiger partial charge in [0, 0.05) is 12.2 Å². The Labute approximate surface area is 106 Å². The lowest BCUT2D eigenvalue weighted by Gasteiger charge is -2.35. The molecule has 2 nitrogen and oxygen atoms in total. The molecule has 0 heterocycles. The fourth-order valence-corrected chi connectivity index (χ4v) is 2.85. The van der Waals surface area contributed by atoms with Crippen LogP contribution < -0.4 is 5.73 Å². The predicted octanol–water partition coefficient (Wildman–Crippen LogP) is 3.31. The standard InChI is InChI=1S/C14H19F2NO/c1-2-18-14(8-3-4-9-14)13(17)10-6-5-7-11(15)12(10)16/h5-7,13H,2-4,8-9,17H2,1H3. The first kappa shape index (κ1) is 13.4. The topological polar surface area (TPSA) is 35.2 Å². The lowest BCUT2D eigenvalue weighted by Crippen LogP contribution is -2.42. The van der Waals surface area contributed by atoms with Gasteiger partial charge in [0.25, 0.3) is 0 Å². The summed E-state index contributed by atoms with van der Waals surface area (Å²) in [5.41, 5.74) is 5.83. The minimum absolute atomic E-state index is 0.213. The normalized spacial score (nSPS) is 20.0. The van der Waals surface area contributed by atoms with E-state index in [0.29, 0.717) is 6.61 Å². The van der Waals surface area contributed by atoms with Gasteiger partial charge in [0.1, 0.15) is 0 Å². The Balaban J connectivity index is 2.33. The van der Waals surface area contributed by atoms with E-state index in [0.717, 1.165) is 31.7 Å². The van der Waals surface area contributed by atoms with E-state index >= 15 is 0 Å². The van der Waals surface area contributed by atoms with E-state index in [2.05, 4.69) is 0 Å². The molecule has 0 aliphatic heterocycles. The van der Waals surface area contributed by atoms with Crippen molar-refractivity contribution in [3.05, 3.63) is 35.4 Å². The molecular weight excluding hydrogens is 236 g/mol. The average molecular weight is 255 g/mol. The van der Waals surface area contributed by atoms with Crippen molar-refractivity contribution in [2.75, 3.05) is 6.61 Å². The third-order valence-electron chi connectivity index (χ3n) is 3.77. The van der Waals surface area contributed by atoms with Crippen molar-refractivity contribution >= 4 is 0 Å². The maximum Gasteiger partial charge on any atom is 0.163 e. The van der Waals surface area contributed by atoms with E-state index in [4.69, 9.17) is 10.5 Å². The summed E-state index contributed by atoms with van der Waals surface area (Å²) in [6, 6.07) is 3.52. The summed E-state index contributed by atoms with van der Waals surface area (Å²) in [5, 5.41) is 0. The fourth-order valence-electron chi connectivity index (χ4n) is 2.85. The third kappa shape index (κ3) is 2.27. The average Bonchev–Trinajstić information content (AvgIpc) is 2.82. The molecule has 1 aliphatic rings. The summed E-state index contributed by atoms with van der Waals surface area (Å²) in [4.78, 5) is 0. The van der Waals surface area contributed by atoms with E-state index in [1.807, 2.05) is 6.92 Å². The van der Waals surface area contributed by atoms with Crippen LogP contribution in [0.5, 0.6) is 0 Å². The van der Waals surface area contributed by atoms with Gasteiger partial charge in [-0.05, 0) is 25.8 Å². The van der Waals surface area contributed by atoms with Crippen LogP contribution in [-0.2, 0) is 4.74 Å². The predicted molar refractivity (Wildman–Crippen MR) is 66.1 cm³/mol. The Kier molecular flexibility index (Phi) is 3.97. The van der Waals surface area contributed by atoms with Crippen LogP contribution in [0.25, 0.3) is 0 Å². The fraction of sp³-hybridized carbons (Fsp3) is 0.571. The van der Waals surface area contributed by atoms with Crippen LogP contribution in [0, 0.1) is 11.6 Å². The zero-order valence-electron chi connectivity index (χ0n) is 10.6. The van der Waals surface area contributed by atoms with Gasteiger partial charge >= 0.3 is 0 Å². The number of hydrogen-bond donors (Lipinski definition) is 1. The smallest absolute Gasteiger partial charge is 0.163 e. The van der Waals surface area contributed by atoms with Crippen LogP contribution in [0.4, 0.5) is 8.78 Å². The van der Waals surface area contributed by atoms with Crippen molar-refractivity contribution in [1.82, 2.24) is 0 Å². The molecule has 1 aromatic carbocycles. The molecule has 1 unspecified atom stereocenters. The Hall–Kier alpha value is -1.00. The first-order valence-corrected chi connectivity index (χ1v) is 6.44. The molecule has 0 saturated heterocycles. The Bertz CT molecular complexity index is 416. The van der Waals surface area contributed by atoms with Gasteiger partial charge in [-0.15, -0.1) is 0 Å². The van der Waals surface area contributed by atoms with Gasteiger partial charge in [-0.2, -0.15) is 0 Å². The van der Waals surface area contributed by atoms with Crippen LogP contribution in [0.1, 0.15) is 44.2 Å². The quantitative estimate of drug-likeness (QED) is 0.895. The van der Waals surface area contributed by atoms with Gasteiger partial charge in [0.05, 0.1) is 11.6 Å². The van der Waals surface area contributed by atoms with E-state index in [-0.39, 0.29) is 5.56 Å². The third-order valence-corrected chi connectivity index (χ3v) is 3.77. The minimum Gasteiger partial charge on any atom is -0.373 e. The molecule has 0 amide bonds. The second-order valence-corrected chi connectivity index (χ2v) is 4.83. The molecule has 2 N–H and O–H groups in total. The highest BCUT2D eigenvalue weighted by molar-refractivity contribution is 5.25. The summed E-state index contributed by atoms with van der Waals surface area (Å²) >= 11 is 0. The van der Waals surface area contributed by atoms with Gasteiger partial charge in [-0.1, -0.05) is 25.0 Å². The highest BCUT2D eigenvalue weighted by Gasteiger charge is 2.42. The monoisotopic (exact) mass is 255 g/mol. The van der Waals surface area contributed by atoms with E-state index < -0.39 is 23.3 Å². The summed E-state index contributed by atoms with van der Waals surface area (Å²) < 4.78 is 32.9. The molecule has 1 saturated carbocycles. The Morgan fingerprint density at radius 3 is 2.61 bits per heavy atom. The van der Waals surface area contributed by atoms with Crippen LogP contribution in [-0.4, -0.2) is 12.2 Å². The van der Waals surface area contributed by atoms with Crippen molar-refractivity contribution in [3.8, 4) is 0 Å². The number of hydrogen-bond acceptors (Lipinski definition) is 2. The first-order chi connectivity index (χ1) is 8.60. The summed E-state index contributed by atoms with van der Waals surface area (Å²) in [6.07, 6.45) is 3.64. The van der Waals surface area contributed by atoms with Crippen molar-refractivity contribution < 1.29 is 13.5 Å². The molecule has 18 heavy (non-hydrogen) atoms. The van der Waals surface area contributed by atoms with Crippen molar-refractivity contribution in [2.24, 2.45) is 5.73 Å². The molecule has 0 spiro atoms. The highest BCUT2D eigenvalue weighted by atomic mass is 19.2. The van der Waals surface area contributed by atoms with Crippen LogP contribution >= 0.6 is 0 Å². The van der Waals surface area contributed by atoms with Crippen LogP contribution in [0.2, 0.25) is 0 Å².